The molecule has 74 heavy (non-hydrogen) atoms. The average Bonchev–Trinajstić information content (AvgIpc) is 4.26. The SMILES string of the molecule is CN[C@@H](C)C(=O)N[C@H](C(=O)N1CCC[C@H]1C(=O)CC1c2ccccc2C[C@H]1OCC#CC#CCO[C@@H]1Cc2ccccc2C1NC(=O)[C@@H]1CCCN1C(=O)[C@@H](NC(=O)[C@H](C)NC)C1CCCCC1)C1CCCCC1. The van der Waals surface area contributed by atoms with Gasteiger partial charge in [-0.1, -0.05) is 98.9 Å². The second-order valence-electron chi connectivity index (χ2n) is 21.5. The molecule has 10 atom stereocenters. The monoisotopic (exact) mass is 1010 g/mol. The van der Waals surface area contributed by atoms with Crippen LogP contribution in [0.25, 0.3) is 0 Å². The summed E-state index contributed by atoms with van der Waals surface area (Å²) in [5.41, 5.74) is 4.28. The summed E-state index contributed by atoms with van der Waals surface area (Å²) in [5.74, 6) is 10.8. The highest BCUT2D eigenvalue weighted by molar-refractivity contribution is 5.95. The Hall–Kier alpha value is -5.58. The summed E-state index contributed by atoms with van der Waals surface area (Å²) in [4.78, 5) is 86.9. The van der Waals surface area contributed by atoms with E-state index < -0.39 is 42.3 Å². The molecule has 2 unspecified atom stereocenters. The van der Waals surface area contributed by atoms with Gasteiger partial charge in [-0.05, 0) is 132 Å². The molecule has 0 aromatic heterocycles. The van der Waals surface area contributed by atoms with Crippen molar-refractivity contribution in [2.45, 2.75) is 183 Å². The van der Waals surface area contributed by atoms with E-state index in [0.29, 0.717) is 45.2 Å². The lowest BCUT2D eigenvalue weighted by molar-refractivity contribution is -0.143. The van der Waals surface area contributed by atoms with Gasteiger partial charge in [-0.25, -0.2) is 0 Å². The number of carbonyl (C=O) groups is 6. The van der Waals surface area contributed by atoms with Crippen molar-refractivity contribution in [3.05, 3.63) is 70.8 Å². The van der Waals surface area contributed by atoms with Crippen LogP contribution in [-0.4, -0.2) is 134 Å². The first kappa shape index (κ1) is 54.7. The predicted octanol–water partition coefficient (Wildman–Crippen LogP) is 4.80. The van der Waals surface area contributed by atoms with E-state index in [1.165, 1.54) is 0 Å². The Morgan fingerprint density at radius 1 is 0.595 bits per heavy atom. The fraction of sp³-hybridized carbons (Fsp3) is 0.627. The third kappa shape index (κ3) is 13.1. The van der Waals surface area contributed by atoms with E-state index in [9.17, 15) is 28.8 Å². The Balaban J connectivity index is 0.858. The number of hydrogen-bond donors (Lipinski definition) is 5. The Kier molecular flexibility index (Phi) is 19.4. The molecule has 8 rings (SSSR count). The molecule has 5 N–H and O–H groups in total. The minimum Gasteiger partial charge on any atom is -0.365 e. The summed E-state index contributed by atoms with van der Waals surface area (Å²) in [6.07, 6.45) is 13.2. The number of amides is 5. The van der Waals surface area contributed by atoms with Crippen molar-refractivity contribution in [2.24, 2.45) is 11.8 Å². The molecule has 2 aromatic rings. The second kappa shape index (κ2) is 26.3. The zero-order valence-corrected chi connectivity index (χ0v) is 44.1. The van der Waals surface area contributed by atoms with Gasteiger partial charge in [0.25, 0.3) is 0 Å². The Morgan fingerprint density at radius 2 is 1.07 bits per heavy atom. The molecule has 15 nitrogen and oxygen atoms in total. The number of carbonyl (C=O) groups excluding carboxylic acids is 6. The van der Waals surface area contributed by atoms with Gasteiger partial charge in [0.15, 0.2) is 5.78 Å². The molecular weight excluding hydrogens is 935 g/mol. The van der Waals surface area contributed by atoms with E-state index in [-0.39, 0.29) is 84.9 Å². The van der Waals surface area contributed by atoms with Gasteiger partial charge in [0.2, 0.25) is 29.5 Å². The maximum Gasteiger partial charge on any atom is 0.246 e. The molecule has 0 spiro atoms. The van der Waals surface area contributed by atoms with Gasteiger partial charge in [0.1, 0.15) is 31.3 Å². The largest absolute Gasteiger partial charge is 0.365 e. The van der Waals surface area contributed by atoms with Crippen molar-refractivity contribution in [2.75, 3.05) is 40.4 Å². The molecule has 15 heteroatoms. The first-order valence-electron chi connectivity index (χ1n) is 27.7. The van der Waals surface area contributed by atoms with Gasteiger partial charge in [-0.2, -0.15) is 0 Å². The highest BCUT2D eigenvalue weighted by atomic mass is 16.5. The number of nitrogens with zero attached hydrogens (tertiary/aromatic N) is 2. The van der Waals surface area contributed by atoms with Gasteiger partial charge < -0.3 is 45.9 Å². The molecule has 2 heterocycles. The van der Waals surface area contributed by atoms with Crippen LogP contribution in [0.4, 0.5) is 0 Å². The van der Waals surface area contributed by atoms with Crippen molar-refractivity contribution < 1.29 is 38.2 Å². The van der Waals surface area contributed by atoms with Crippen molar-refractivity contribution in [3.8, 4) is 23.7 Å². The summed E-state index contributed by atoms with van der Waals surface area (Å²) >= 11 is 0. The Labute approximate surface area is 438 Å². The number of likely N-dealkylation sites (tertiary alicyclic amines) is 2. The van der Waals surface area contributed by atoms with Gasteiger partial charge in [0, 0.05) is 31.8 Å². The first-order valence-corrected chi connectivity index (χ1v) is 27.7. The van der Waals surface area contributed by atoms with E-state index >= 15 is 0 Å². The predicted molar refractivity (Wildman–Crippen MR) is 282 cm³/mol. The summed E-state index contributed by atoms with van der Waals surface area (Å²) < 4.78 is 12.7. The van der Waals surface area contributed by atoms with E-state index in [1.54, 1.807) is 37.7 Å². The quantitative estimate of drug-likeness (QED) is 0.122. The minimum absolute atomic E-state index is 0.0171. The van der Waals surface area contributed by atoms with Gasteiger partial charge in [0.05, 0.1) is 36.4 Å². The van der Waals surface area contributed by atoms with Crippen molar-refractivity contribution in [1.29, 1.82) is 0 Å². The summed E-state index contributed by atoms with van der Waals surface area (Å²) in [6.45, 7) is 4.72. The molecule has 2 saturated heterocycles. The van der Waals surface area contributed by atoms with Crippen LogP contribution in [0.5, 0.6) is 0 Å². The fourth-order valence-electron chi connectivity index (χ4n) is 12.5. The van der Waals surface area contributed by atoms with E-state index in [0.717, 1.165) is 92.9 Å². The smallest absolute Gasteiger partial charge is 0.246 e. The molecule has 2 aliphatic heterocycles. The van der Waals surface area contributed by atoms with Crippen LogP contribution in [0.2, 0.25) is 0 Å². The van der Waals surface area contributed by atoms with Crippen LogP contribution < -0.4 is 26.6 Å². The van der Waals surface area contributed by atoms with Crippen LogP contribution in [0, 0.1) is 35.5 Å². The lowest BCUT2D eigenvalue weighted by Gasteiger charge is -2.35. The van der Waals surface area contributed by atoms with E-state index in [2.05, 4.69) is 62.4 Å². The third-order valence-electron chi connectivity index (χ3n) is 17.0. The van der Waals surface area contributed by atoms with E-state index in [1.807, 2.05) is 36.4 Å². The molecule has 4 fully saturated rings. The van der Waals surface area contributed by atoms with Crippen molar-refractivity contribution in [3.63, 3.8) is 0 Å². The number of fused-ring (bicyclic) bond motifs is 2. The lowest BCUT2D eigenvalue weighted by atomic mass is 9.83. The third-order valence-corrected chi connectivity index (χ3v) is 17.0. The van der Waals surface area contributed by atoms with Crippen LogP contribution in [0.1, 0.15) is 144 Å². The van der Waals surface area contributed by atoms with Crippen LogP contribution >= 0.6 is 0 Å². The molecule has 0 radical (unpaired) electrons. The first-order chi connectivity index (χ1) is 36.0. The number of likely N-dealkylation sites (N-methyl/N-ethyl adjacent to an activating group) is 2. The topological polar surface area (TPSA) is 188 Å². The van der Waals surface area contributed by atoms with Crippen LogP contribution in [-0.2, 0) is 51.1 Å². The molecule has 6 aliphatic rings. The average molecular weight is 1010 g/mol. The number of rotatable bonds is 19. The number of benzene rings is 2. The standard InChI is InChI=1S/C59H79N7O8/c1-38(60-3)55(68)62-52(40-21-9-7-10-22-40)58(71)65-31-19-29-47(65)49(67)37-46-44-27-15-13-25-42(44)35-50(46)73-33-17-5-6-18-34-74-51-36-43-26-14-16-28-45(43)54(51)64-57(70)48-30-20-32-66(48)59(72)53(41-23-11-8-12-24-41)63-56(69)39(2)61-4/h13-16,25-28,38-41,46-48,50-54,60-61H,7-12,19-24,29-37H2,1-4H3,(H,62,68)(H,63,69)(H,64,70)/t38-,39-,46?,47-,48-,50+,51+,52-,53-,54?/m0/s1. The molecule has 398 valence electrons. The van der Waals surface area contributed by atoms with Crippen LogP contribution in [0.3, 0.4) is 0 Å². The molecular formula is C59H79N7O8. The lowest BCUT2D eigenvalue weighted by Crippen LogP contribution is -2.58. The highest BCUT2D eigenvalue weighted by Crippen LogP contribution is 2.40. The van der Waals surface area contributed by atoms with Gasteiger partial charge in [-0.3, -0.25) is 28.8 Å². The van der Waals surface area contributed by atoms with Crippen molar-refractivity contribution >= 4 is 35.3 Å². The summed E-state index contributed by atoms with van der Waals surface area (Å²) in [7, 11) is 3.45. The zero-order valence-electron chi connectivity index (χ0n) is 44.1. The number of ketones is 1. The second-order valence-corrected chi connectivity index (χ2v) is 21.5. The number of Topliss-reactive ketones (excluding diaryl/α,β-unsaturated/α-hetero) is 1. The number of nitrogens with one attached hydrogen (secondary N) is 5. The summed E-state index contributed by atoms with van der Waals surface area (Å²) in [6, 6.07) is 12.3. The van der Waals surface area contributed by atoms with Gasteiger partial charge >= 0.3 is 0 Å². The van der Waals surface area contributed by atoms with Crippen molar-refractivity contribution in [1.82, 2.24) is 36.4 Å². The number of hydrogen-bond acceptors (Lipinski definition) is 10. The fourth-order valence-corrected chi connectivity index (χ4v) is 12.5. The maximum atomic E-state index is 14.4. The van der Waals surface area contributed by atoms with E-state index in [4.69, 9.17) is 9.47 Å². The normalized spacial score (nSPS) is 25.2. The van der Waals surface area contributed by atoms with Crippen LogP contribution in [0.15, 0.2) is 48.5 Å². The minimum atomic E-state index is -0.677. The number of ether oxygens (including phenoxy) is 2. The molecule has 2 aromatic carbocycles. The molecule has 4 aliphatic carbocycles. The molecule has 0 bridgehead atoms. The van der Waals surface area contributed by atoms with Gasteiger partial charge in [-0.15, -0.1) is 0 Å². The molecule has 2 saturated carbocycles. The maximum absolute atomic E-state index is 14.4. The zero-order chi connectivity index (χ0) is 52.1. The summed E-state index contributed by atoms with van der Waals surface area (Å²) in [5, 5.41) is 15.4. The Bertz CT molecular complexity index is 2280. The Morgan fingerprint density at radius 3 is 1.62 bits per heavy atom. The molecule has 5 amide bonds. The highest BCUT2D eigenvalue weighted by Gasteiger charge is 2.45.